The number of carbonyl (C=O) groups is 1. The van der Waals surface area contributed by atoms with Gasteiger partial charge in [-0.3, -0.25) is 4.89 Å². The van der Waals surface area contributed by atoms with Crippen LogP contribution in [-0.4, -0.2) is 13.1 Å². The fraction of sp³-hybridized carbons (Fsp3) is 0.182. The van der Waals surface area contributed by atoms with Gasteiger partial charge in [-0.15, -0.1) is 0 Å². The Morgan fingerprint density at radius 1 is 1.29 bits per heavy atom. The first-order chi connectivity index (χ1) is 6.74. The minimum Gasteiger partial charge on any atom is -0.293 e. The molecule has 74 valence electrons. The highest BCUT2D eigenvalue weighted by atomic mass is 17.2. The van der Waals surface area contributed by atoms with Crippen LogP contribution in [0.1, 0.15) is 12.5 Å². The van der Waals surface area contributed by atoms with Crippen LogP contribution in [0.5, 0.6) is 0 Å². The van der Waals surface area contributed by atoms with Crippen molar-refractivity contribution in [1.29, 1.82) is 0 Å². The summed E-state index contributed by atoms with van der Waals surface area (Å²) >= 11 is 0. The zero-order chi connectivity index (χ0) is 10.4. The molecule has 0 fully saturated rings. The van der Waals surface area contributed by atoms with Gasteiger partial charge in [-0.2, -0.15) is 4.89 Å². The molecular weight excluding hydrogens is 180 g/mol. The van der Waals surface area contributed by atoms with Crippen molar-refractivity contribution in [3.63, 3.8) is 0 Å². The molecule has 0 aromatic heterocycles. The number of hydrogen-bond acceptors (Lipinski definition) is 3. The van der Waals surface area contributed by atoms with E-state index in [-0.39, 0.29) is 0 Å². The van der Waals surface area contributed by atoms with Gasteiger partial charge < -0.3 is 0 Å². The molecule has 0 radical (unpaired) electrons. The molecule has 0 unspecified atom stereocenters. The Morgan fingerprint density at radius 2 is 1.93 bits per heavy atom. The van der Waals surface area contributed by atoms with E-state index in [1.54, 1.807) is 13.0 Å². The lowest BCUT2D eigenvalue weighted by Gasteiger charge is -1.99. The standard InChI is InChI=1S/C11H12O3/c1-9(11(12)14-13-2)8-10-6-4-3-5-7-10/h3-8H,1-2H3. The summed E-state index contributed by atoms with van der Waals surface area (Å²) in [4.78, 5) is 19.8. The average Bonchev–Trinajstić information content (AvgIpc) is 2.19. The molecule has 0 spiro atoms. The Kier molecular flexibility index (Phi) is 3.88. The van der Waals surface area contributed by atoms with Gasteiger partial charge in [0.25, 0.3) is 0 Å². The summed E-state index contributed by atoms with van der Waals surface area (Å²) in [5.74, 6) is -0.476. The molecule has 14 heavy (non-hydrogen) atoms. The van der Waals surface area contributed by atoms with Crippen LogP contribution in [0.25, 0.3) is 6.08 Å². The Balaban J connectivity index is 2.74. The van der Waals surface area contributed by atoms with Crippen LogP contribution in [0.15, 0.2) is 35.9 Å². The molecule has 0 bridgehead atoms. The van der Waals surface area contributed by atoms with Crippen LogP contribution in [0.3, 0.4) is 0 Å². The maximum Gasteiger partial charge on any atom is 0.368 e. The van der Waals surface area contributed by atoms with Gasteiger partial charge in [-0.25, -0.2) is 4.79 Å². The van der Waals surface area contributed by atoms with Gasteiger partial charge in [-0.05, 0) is 18.6 Å². The fourth-order valence-electron chi connectivity index (χ4n) is 1.000. The summed E-state index contributed by atoms with van der Waals surface area (Å²) in [6.07, 6.45) is 1.74. The minimum atomic E-state index is -0.476. The van der Waals surface area contributed by atoms with E-state index in [4.69, 9.17) is 0 Å². The van der Waals surface area contributed by atoms with E-state index in [0.29, 0.717) is 5.57 Å². The maximum atomic E-state index is 11.1. The first kappa shape index (κ1) is 10.5. The van der Waals surface area contributed by atoms with Crippen LogP contribution in [0.2, 0.25) is 0 Å². The topological polar surface area (TPSA) is 35.5 Å². The third-order valence-corrected chi connectivity index (χ3v) is 1.66. The third kappa shape index (κ3) is 3.03. The number of benzene rings is 1. The number of hydrogen-bond donors (Lipinski definition) is 0. The number of rotatable bonds is 3. The smallest absolute Gasteiger partial charge is 0.293 e. The lowest BCUT2D eigenvalue weighted by atomic mass is 10.1. The van der Waals surface area contributed by atoms with Crippen LogP contribution in [0, 0.1) is 0 Å². The van der Waals surface area contributed by atoms with Crippen molar-refractivity contribution in [3.05, 3.63) is 41.5 Å². The quantitative estimate of drug-likeness (QED) is 0.418. The SMILES string of the molecule is COOC(=O)C(C)=Cc1ccccc1. The lowest BCUT2D eigenvalue weighted by molar-refractivity contribution is -0.250. The molecule has 0 amide bonds. The van der Waals surface area contributed by atoms with Gasteiger partial charge in [0.1, 0.15) is 0 Å². The van der Waals surface area contributed by atoms with Crippen LogP contribution >= 0.6 is 0 Å². The maximum absolute atomic E-state index is 11.1. The highest BCUT2D eigenvalue weighted by molar-refractivity contribution is 5.92. The van der Waals surface area contributed by atoms with Gasteiger partial charge in [0.2, 0.25) is 0 Å². The van der Waals surface area contributed by atoms with Crippen molar-refractivity contribution in [2.45, 2.75) is 6.92 Å². The van der Waals surface area contributed by atoms with E-state index >= 15 is 0 Å². The summed E-state index contributed by atoms with van der Waals surface area (Å²) in [6, 6.07) is 9.54. The molecule has 0 aliphatic carbocycles. The highest BCUT2D eigenvalue weighted by Crippen LogP contribution is 2.07. The van der Waals surface area contributed by atoms with E-state index in [9.17, 15) is 4.79 Å². The first-order valence-electron chi connectivity index (χ1n) is 4.22. The summed E-state index contributed by atoms with van der Waals surface area (Å²) in [7, 11) is 1.30. The van der Waals surface area contributed by atoms with Gasteiger partial charge in [0, 0.05) is 5.57 Å². The van der Waals surface area contributed by atoms with Crippen molar-refractivity contribution in [2.24, 2.45) is 0 Å². The molecule has 0 atom stereocenters. The Hall–Kier alpha value is -1.61. The normalized spacial score (nSPS) is 11.1. The molecule has 0 saturated carbocycles. The average molecular weight is 192 g/mol. The van der Waals surface area contributed by atoms with Crippen LogP contribution < -0.4 is 0 Å². The lowest BCUT2D eigenvalue weighted by Crippen LogP contribution is -2.04. The van der Waals surface area contributed by atoms with Crippen LogP contribution in [-0.2, 0) is 14.6 Å². The number of carbonyl (C=O) groups excluding carboxylic acids is 1. The molecule has 3 nitrogen and oxygen atoms in total. The molecule has 0 heterocycles. The molecule has 3 heteroatoms. The summed E-state index contributed by atoms with van der Waals surface area (Å²) < 4.78 is 0. The zero-order valence-corrected chi connectivity index (χ0v) is 8.19. The molecule has 0 aliphatic heterocycles. The minimum absolute atomic E-state index is 0.476. The second kappa shape index (κ2) is 5.19. The predicted molar refractivity (Wildman–Crippen MR) is 53.2 cm³/mol. The highest BCUT2D eigenvalue weighted by Gasteiger charge is 2.05. The van der Waals surface area contributed by atoms with E-state index in [2.05, 4.69) is 9.78 Å². The van der Waals surface area contributed by atoms with Crippen molar-refractivity contribution in [1.82, 2.24) is 0 Å². The predicted octanol–water partition coefficient (Wildman–Crippen LogP) is 2.19. The largest absolute Gasteiger partial charge is 0.368 e. The first-order valence-corrected chi connectivity index (χ1v) is 4.22. The molecular formula is C11H12O3. The molecule has 0 N–H and O–H groups in total. The Labute approximate surface area is 82.9 Å². The molecule has 1 aromatic rings. The van der Waals surface area contributed by atoms with E-state index < -0.39 is 5.97 Å². The zero-order valence-electron chi connectivity index (χ0n) is 8.19. The van der Waals surface area contributed by atoms with E-state index in [1.807, 2.05) is 30.3 Å². The van der Waals surface area contributed by atoms with Crippen molar-refractivity contribution >= 4 is 12.0 Å². The van der Waals surface area contributed by atoms with Crippen molar-refractivity contribution in [3.8, 4) is 0 Å². The van der Waals surface area contributed by atoms with Gasteiger partial charge in [-0.1, -0.05) is 30.3 Å². The Morgan fingerprint density at radius 3 is 2.50 bits per heavy atom. The van der Waals surface area contributed by atoms with E-state index in [1.165, 1.54) is 7.11 Å². The third-order valence-electron chi connectivity index (χ3n) is 1.66. The van der Waals surface area contributed by atoms with Crippen molar-refractivity contribution < 1.29 is 14.6 Å². The van der Waals surface area contributed by atoms with Crippen LogP contribution in [0.4, 0.5) is 0 Å². The molecule has 0 aliphatic rings. The summed E-state index contributed by atoms with van der Waals surface area (Å²) in [6.45, 7) is 1.67. The monoisotopic (exact) mass is 192 g/mol. The summed E-state index contributed by atoms with van der Waals surface area (Å²) in [5, 5.41) is 0. The Bertz CT molecular complexity index is 328. The summed E-state index contributed by atoms with van der Waals surface area (Å²) in [5.41, 5.74) is 1.45. The molecule has 1 aromatic carbocycles. The van der Waals surface area contributed by atoms with Gasteiger partial charge in [0.15, 0.2) is 0 Å². The molecule has 0 saturated heterocycles. The second-order valence-corrected chi connectivity index (χ2v) is 2.78. The second-order valence-electron chi connectivity index (χ2n) is 2.78. The fourth-order valence-corrected chi connectivity index (χ4v) is 1.000. The van der Waals surface area contributed by atoms with Gasteiger partial charge >= 0.3 is 5.97 Å². The molecule has 1 rings (SSSR count). The van der Waals surface area contributed by atoms with Gasteiger partial charge in [0.05, 0.1) is 7.11 Å². The van der Waals surface area contributed by atoms with E-state index in [0.717, 1.165) is 5.56 Å². The van der Waals surface area contributed by atoms with Crippen molar-refractivity contribution in [2.75, 3.05) is 7.11 Å².